The molecule has 0 aromatic heterocycles. The van der Waals surface area contributed by atoms with Crippen molar-refractivity contribution in [3.63, 3.8) is 0 Å². The number of hydrogen-bond acceptors (Lipinski definition) is 7. The van der Waals surface area contributed by atoms with Gasteiger partial charge in [0.25, 0.3) is 0 Å². The van der Waals surface area contributed by atoms with Crippen molar-refractivity contribution in [2.75, 3.05) is 6.61 Å². The van der Waals surface area contributed by atoms with Crippen molar-refractivity contribution >= 4 is 11.9 Å². The van der Waals surface area contributed by atoms with Crippen LogP contribution in [0.4, 0.5) is 0 Å². The Hall–Kier alpha value is -2.00. The number of epoxide rings is 1. The van der Waals surface area contributed by atoms with Crippen molar-refractivity contribution in [1.29, 1.82) is 0 Å². The van der Waals surface area contributed by atoms with Gasteiger partial charge in [0.05, 0.1) is 30.5 Å². The van der Waals surface area contributed by atoms with E-state index in [1.807, 2.05) is 39.8 Å². The minimum atomic E-state index is -0.664. The standard InChI is InChI=1S/C29H45NO7/c1-17(10-12-25-27(33)29(16-34-29)15-28(7,8)37-25)9-11-24-19(3)13-23(21(5)36-24)30-26(32)14-18(2)20(4)35-22(6)31/h9-10,12,14,19-21,23-25,27,33H,11,13,15-16H2,1-8H3,(H,30,32)/t19-,20?,21+,23?,24-,25+,27+,29+/m0/s1. The SMILES string of the molecule is CC(=O)OC(C)C(C)=CC(=O)NC1C[C@H](C)[C@H](CC=C(C)C=C[C@H]2OC(C)(C)C[C@@]3(CO3)[C@@H]2O)O[C@@H]1C. The molecule has 3 rings (SSSR count). The molecule has 1 spiro atoms. The van der Waals surface area contributed by atoms with E-state index in [9.17, 15) is 14.7 Å². The summed E-state index contributed by atoms with van der Waals surface area (Å²) in [5.41, 5.74) is 0.958. The molecule has 0 aromatic carbocycles. The molecule has 0 bridgehead atoms. The molecule has 3 aliphatic heterocycles. The molecular formula is C29H45NO7. The van der Waals surface area contributed by atoms with Crippen LogP contribution in [0.2, 0.25) is 0 Å². The van der Waals surface area contributed by atoms with Gasteiger partial charge >= 0.3 is 5.97 Å². The zero-order valence-corrected chi connectivity index (χ0v) is 23.6. The van der Waals surface area contributed by atoms with Crippen LogP contribution in [0.15, 0.2) is 35.5 Å². The second-order valence-corrected chi connectivity index (χ2v) is 11.7. The van der Waals surface area contributed by atoms with E-state index in [-0.39, 0.29) is 41.6 Å². The Labute approximate surface area is 221 Å². The van der Waals surface area contributed by atoms with Gasteiger partial charge in [0.2, 0.25) is 5.91 Å². The number of nitrogens with one attached hydrogen (secondary N) is 1. The van der Waals surface area contributed by atoms with Gasteiger partial charge in [-0.05, 0) is 65.9 Å². The third-order valence-corrected chi connectivity index (χ3v) is 7.65. The largest absolute Gasteiger partial charge is 0.458 e. The van der Waals surface area contributed by atoms with Crippen molar-refractivity contribution in [2.45, 2.75) is 122 Å². The van der Waals surface area contributed by atoms with Gasteiger partial charge in [-0.15, -0.1) is 0 Å². The van der Waals surface area contributed by atoms with E-state index in [1.54, 1.807) is 13.8 Å². The fourth-order valence-electron chi connectivity index (χ4n) is 5.33. The smallest absolute Gasteiger partial charge is 0.303 e. The normalized spacial score (nSPS) is 36.9. The van der Waals surface area contributed by atoms with E-state index in [0.717, 1.165) is 18.4 Å². The summed E-state index contributed by atoms with van der Waals surface area (Å²) < 4.78 is 23.1. The lowest BCUT2D eigenvalue weighted by Crippen LogP contribution is -2.53. The van der Waals surface area contributed by atoms with Crippen LogP contribution in [0.1, 0.15) is 74.7 Å². The number of carbonyl (C=O) groups excluding carboxylic acids is 2. The van der Waals surface area contributed by atoms with E-state index >= 15 is 0 Å². The van der Waals surface area contributed by atoms with Crippen molar-refractivity contribution in [2.24, 2.45) is 5.92 Å². The highest BCUT2D eigenvalue weighted by atomic mass is 16.6. The summed E-state index contributed by atoms with van der Waals surface area (Å²) >= 11 is 0. The number of aliphatic hydroxyl groups is 1. The van der Waals surface area contributed by atoms with E-state index in [4.69, 9.17) is 18.9 Å². The molecule has 3 saturated heterocycles. The predicted molar refractivity (Wildman–Crippen MR) is 141 cm³/mol. The summed E-state index contributed by atoms with van der Waals surface area (Å²) in [4.78, 5) is 23.7. The molecule has 0 saturated carbocycles. The van der Waals surface area contributed by atoms with E-state index in [1.165, 1.54) is 13.0 Å². The van der Waals surface area contributed by atoms with Crippen LogP contribution >= 0.6 is 0 Å². The molecule has 8 atom stereocenters. The van der Waals surface area contributed by atoms with Crippen LogP contribution in [0, 0.1) is 5.92 Å². The Morgan fingerprint density at radius 1 is 1.22 bits per heavy atom. The summed E-state index contributed by atoms with van der Waals surface area (Å²) in [6, 6.07) is -0.0953. The molecule has 1 amide bonds. The quantitative estimate of drug-likeness (QED) is 0.218. The maximum Gasteiger partial charge on any atom is 0.303 e. The fourth-order valence-corrected chi connectivity index (χ4v) is 5.33. The molecule has 3 fully saturated rings. The fraction of sp³-hybridized carbons (Fsp3) is 0.724. The Bertz CT molecular complexity index is 933. The molecule has 208 valence electrons. The van der Waals surface area contributed by atoms with Crippen LogP contribution in [0.3, 0.4) is 0 Å². The van der Waals surface area contributed by atoms with Crippen molar-refractivity contribution < 1.29 is 33.6 Å². The van der Waals surface area contributed by atoms with E-state index in [2.05, 4.69) is 18.3 Å². The molecule has 37 heavy (non-hydrogen) atoms. The van der Waals surface area contributed by atoms with Gasteiger partial charge in [0.15, 0.2) is 0 Å². The number of allylic oxidation sites excluding steroid dienone is 2. The third-order valence-electron chi connectivity index (χ3n) is 7.65. The zero-order valence-electron chi connectivity index (χ0n) is 23.6. The molecular weight excluding hydrogens is 474 g/mol. The summed E-state index contributed by atoms with van der Waals surface area (Å²) in [6.45, 7) is 15.7. The van der Waals surface area contributed by atoms with Gasteiger partial charge in [-0.2, -0.15) is 0 Å². The topological polar surface area (TPSA) is 107 Å². The monoisotopic (exact) mass is 519 g/mol. The van der Waals surface area contributed by atoms with E-state index < -0.39 is 23.9 Å². The average Bonchev–Trinajstić information content (AvgIpc) is 3.55. The van der Waals surface area contributed by atoms with Gasteiger partial charge in [0, 0.05) is 19.4 Å². The van der Waals surface area contributed by atoms with Crippen molar-refractivity contribution in [1.82, 2.24) is 5.32 Å². The highest BCUT2D eigenvalue weighted by Gasteiger charge is 2.60. The van der Waals surface area contributed by atoms with Crippen molar-refractivity contribution in [3.05, 3.63) is 35.5 Å². The minimum Gasteiger partial charge on any atom is -0.458 e. The second-order valence-electron chi connectivity index (χ2n) is 11.7. The molecule has 8 heteroatoms. The highest BCUT2D eigenvalue weighted by Crippen LogP contribution is 2.46. The first-order valence-corrected chi connectivity index (χ1v) is 13.4. The first-order valence-electron chi connectivity index (χ1n) is 13.4. The Morgan fingerprint density at radius 3 is 2.51 bits per heavy atom. The molecule has 0 radical (unpaired) electrons. The van der Waals surface area contributed by atoms with Crippen molar-refractivity contribution in [3.8, 4) is 0 Å². The van der Waals surface area contributed by atoms with Gasteiger partial charge in [-0.25, -0.2) is 0 Å². The maximum atomic E-state index is 12.5. The Kier molecular flexibility index (Phi) is 9.43. The number of rotatable bonds is 8. The van der Waals surface area contributed by atoms with E-state index in [0.29, 0.717) is 18.6 Å². The first-order chi connectivity index (χ1) is 17.2. The van der Waals surface area contributed by atoms with Crippen LogP contribution in [-0.4, -0.2) is 71.4 Å². The minimum absolute atomic E-state index is 0.0476. The number of carbonyl (C=O) groups is 2. The summed E-state index contributed by atoms with van der Waals surface area (Å²) in [5, 5.41) is 13.8. The lowest BCUT2D eigenvalue weighted by molar-refractivity contribution is -0.171. The Morgan fingerprint density at radius 2 is 1.89 bits per heavy atom. The van der Waals surface area contributed by atoms with Gasteiger partial charge in [-0.1, -0.05) is 30.7 Å². The summed E-state index contributed by atoms with van der Waals surface area (Å²) in [5.74, 6) is -0.326. The average molecular weight is 520 g/mol. The van der Waals surface area contributed by atoms with Crippen LogP contribution in [-0.2, 0) is 28.5 Å². The molecule has 8 nitrogen and oxygen atoms in total. The highest BCUT2D eigenvalue weighted by molar-refractivity contribution is 5.88. The lowest BCUT2D eigenvalue weighted by Gasteiger charge is -2.41. The first kappa shape index (κ1) is 29.6. The van der Waals surface area contributed by atoms with Crippen LogP contribution in [0.25, 0.3) is 0 Å². The maximum absolute atomic E-state index is 12.5. The molecule has 3 aliphatic rings. The molecule has 2 N–H and O–H groups in total. The third kappa shape index (κ3) is 7.99. The van der Waals surface area contributed by atoms with Gasteiger partial charge < -0.3 is 29.4 Å². The molecule has 0 aromatic rings. The zero-order chi connectivity index (χ0) is 27.5. The number of hydrogen-bond donors (Lipinski definition) is 2. The Balaban J connectivity index is 1.51. The van der Waals surface area contributed by atoms with Crippen LogP contribution in [0.5, 0.6) is 0 Å². The summed E-state index contributed by atoms with van der Waals surface area (Å²) in [7, 11) is 0. The number of ether oxygens (including phenoxy) is 4. The van der Waals surface area contributed by atoms with Gasteiger partial charge in [0.1, 0.15) is 23.9 Å². The molecule has 2 unspecified atom stereocenters. The lowest BCUT2D eigenvalue weighted by atomic mass is 9.83. The molecule has 0 aliphatic carbocycles. The summed E-state index contributed by atoms with van der Waals surface area (Å²) in [6.07, 6.45) is 8.23. The van der Waals surface area contributed by atoms with Gasteiger partial charge in [-0.3, -0.25) is 9.59 Å². The second kappa shape index (κ2) is 11.8. The number of amides is 1. The van der Waals surface area contributed by atoms with Crippen LogP contribution < -0.4 is 5.32 Å². The predicted octanol–water partition coefficient (Wildman–Crippen LogP) is 3.77. The number of esters is 1. The number of aliphatic hydroxyl groups excluding tert-OH is 1. The molecule has 3 heterocycles.